The lowest BCUT2D eigenvalue weighted by Crippen LogP contribution is -2.20. The molecule has 4 nitrogen and oxygen atoms in total. The lowest BCUT2D eigenvalue weighted by molar-refractivity contribution is -0.395. The van der Waals surface area contributed by atoms with Crippen molar-refractivity contribution in [3.63, 3.8) is 0 Å². The van der Waals surface area contributed by atoms with Crippen LogP contribution in [0, 0.1) is 5.82 Å². The maximum atomic E-state index is 13.0. The van der Waals surface area contributed by atoms with Gasteiger partial charge in [0.1, 0.15) is 5.82 Å². The topological polar surface area (TPSA) is 55.6 Å². The van der Waals surface area contributed by atoms with E-state index in [0.717, 1.165) is 15.9 Å². The number of benzene rings is 2. The Morgan fingerprint density at radius 1 is 1.17 bits per heavy atom. The molecule has 24 heavy (non-hydrogen) atoms. The summed E-state index contributed by atoms with van der Waals surface area (Å²) in [5, 5.41) is 5.85. The average Bonchev–Trinajstić information content (AvgIpc) is 2.60. The number of fused-ring (bicyclic) bond motifs is 1. The maximum absolute atomic E-state index is 13.0. The minimum atomic E-state index is -0.340. The highest BCUT2D eigenvalue weighted by molar-refractivity contribution is 7.99. The van der Waals surface area contributed by atoms with E-state index in [1.807, 2.05) is 36.4 Å². The van der Waals surface area contributed by atoms with Gasteiger partial charge in [0.15, 0.2) is 0 Å². The molecule has 1 heterocycles. The van der Waals surface area contributed by atoms with Crippen LogP contribution >= 0.6 is 11.8 Å². The Balaban J connectivity index is 1.53. The molecule has 2 aromatic carbocycles. The Kier molecular flexibility index (Phi) is 5.18. The minimum Gasteiger partial charge on any atom is -0.272 e. The lowest BCUT2D eigenvalue weighted by atomic mass is 10.2. The Labute approximate surface area is 142 Å². The molecule has 1 aromatic heterocycles. The van der Waals surface area contributed by atoms with Crippen molar-refractivity contribution in [2.45, 2.75) is 5.03 Å². The number of rotatable bonds is 5. The van der Waals surface area contributed by atoms with Crippen molar-refractivity contribution in [2.24, 2.45) is 5.10 Å². The molecule has 0 unspecified atom stereocenters. The van der Waals surface area contributed by atoms with Crippen molar-refractivity contribution < 1.29 is 14.2 Å². The molecule has 0 bridgehead atoms. The fraction of sp³-hybridized carbons (Fsp3) is 0.0556. The van der Waals surface area contributed by atoms with Crippen LogP contribution in [0.1, 0.15) is 5.56 Å². The molecular weight excluding hydrogens is 325 g/mol. The molecule has 1 amide bonds. The van der Waals surface area contributed by atoms with E-state index in [4.69, 9.17) is 0 Å². The second-order valence-corrected chi connectivity index (χ2v) is 6.06. The number of para-hydroxylation sites is 1. The summed E-state index contributed by atoms with van der Waals surface area (Å²) >= 11 is 1.39. The van der Waals surface area contributed by atoms with Crippen LogP contribution in [0.15, 0.2) is 70.8 Å². The molecule has 0 aliphatic rings. The second-order valence-electron chi connectivity index (χ2n) is 5.05. The molecule has 0 radical (unpaired) electrons. The SMILES string of the molecule is O=C(CSc1ccc2ccccc2[nH+]1)NN=Cc1cccc(F)c1. The molecule has 3 aromatic rings. The smallest absolute Gasteiger partial charge is 0.250 e. The van der Waals surface area contributed by atoms with Gasteiger partial charge in [0, 0.05) is 17.5 Å². The van der Waals surface area contributed by atoms with E-state index in [-0.39, 0.29) is 17.5 Å². The van der Waals surface area contributed by atoms with E-state index in [2.05, 4.69) is 15.5 Å². The van der Waals surface area contributed by atoms with E-state index in [1.54, 1.807) is 12.1 Å². The van der Waals surface area contributed by atoms with Gasteiger partial charge in [0.05, 0.1) is 12.0 Å². The number of thioether (sulfide) groups is 1. The van der Waals surface area contributed by atoms with Crippen LogP contribution in [0.25, 0.3) is 10.9 Å². The Morgan fingerprint density at radius 2 is 2.04 bits per heavy atom. The molecule has 0 aliphatic carbocycles. The summed E-state index contributed by atoms with van der Waals surface area (Å²) in [6.07, 6.45) is 1.41. The highest BCUT2D eigenvalue weighted by Crippen LogP contribution is 2.15. The normalized spacial score (nSPS) is 11.0. The first-order valence-corrected chi connectivity index (χ1v) is 8.30. The number of amides is 1. The molecule has 0 saturated carbocycles. The summed E-state index contributed by atoms with van der Waals surface area (Å²) in [4.78, 5) is 15.1. The van der Waals surface area contributed by atoms with Gasteiger partial charge >= 0.3 is 0 Å². The summed E-state index contributed by atoms with van der Waals surface area (Å²) in [5.74, 6) is -0.336. The van der Waals surface area contributed by atoms with Crippen molar-refractivity contribution >= 4 is 34.8 Å². The molecule has 120 valence electrons. The zero-order chi connectivity index (χ0) is 16.8. The summed E-state index contributed by atoms with van der Waals surface area (Å²) in [5.41, 5.74) is 4.04. The van der Waals surface area contributed by atoms with Gasteiger partial charge < -0.3 is 0 Å². The Morgan fingerprint density at radius 3 is 2.92 bits per heavy atom. The van der Waals surface area contributed by atoms with Crippen molar-refractivity contribution in [3.05, 3.63) is 72.0 Å². The molecule has 3 rings (SSSR count). The Hall–Kier alpha value is -2.73. The molecule has 6 heteroatoms. The predicted octanol–water partition coefficient (Wildman–Crippen LogP) is 3.04. The van der Waals surface area contributed by atoms with Crippen molar-refractivity contribution in [1.29, 1.82) is 0 Å². The van der Waals surface area contributed by atoms with Gasteiger partial charge in [-0.25, -0.2) is 9.82 Å². The Bertz CT molecular complexity index is 898. The van der Waals surface area contributed by atoms with Gasteiger partial charge in [-0.05, 0) is 41.6 Å². The number of pyridine rings is 1. The number of carbonyl (C=O) groups excluding carboxylic acids is 1. The fourth-order valence-electron chi connectivity index (χ4n) is 2.12. The second kappa shape index (κ2) is 7.70. The van der Waals surface area contributed by atoms with Gasteiger partial charge in [-0.3, -0.25) is 4.79 Å². The molecule has 0 saturated heterocycles. The van der Waals surface area contributed by atoms with Crippen molar-refractivity contribution in [3.8, 4) is 0 Å². The predicted molar refractivity (Wildman–Crippen MR) is 93.4 cm³/mol. The lowest BCUT2D eigenvalue weighted by Gasteiger charge is -1.98. The van der Waals surface area contributed by atoms with Gasteiger partial charge in [-0.2, -0.15) is 10.1 Å². The third-order valence-electron chi connectivity index (χ3n) is 3.24. The van der Waals surface area contributed by atoms with Crippen LogP contribution in [0.5, 0.6) is 0 Å². The van der Waals surface area contributed by atoms with Gasteiger partial charge in [0.25, 0.3) is 5.91 Å². The van der Waals surface area contributed by atoms with Gasteiger partial charge in [-0.1, -0.05) is 24.3 Å². The number of nitrogens with zero attached hydrogens (tertiary/aromatic N) is 1. The largest absolute Gasteiger partial charge is 0.272 e. The standard InChI is InChI=1S/C18H14FN3OS/c19-15-6-3-4-13(10-15)11-20-22-17(23)12-24-18-9-8-14-5-1-2-7-16(14)21-18/h1-11H,12H2,(H,22,23)/p+1. The van der Waals surface area contributed by atoms with Crippen LogP contribution in [0.4, 0.5) is 4.39 Å². The van der Waals surface area contributed by atoms with Crippen LogP contribution in [-0.4, -0.2) is 17.9 Å². The summed E-state index contributed by atoms with van der Waals surface area (Å²) in [6, 6.07) is 17.9. The maximum Gasteiger partial charge on any atom is 0.250 e. The van der Waals surface area contributed by atoms with Gasteiger partial charge in [0.2, 0.25) is 10.5 Å². The first kappa shape index (κ1) is 16.1. The number of nitrogens with one attached hydrogen (secondary N) is 2. The van der Waals surface area contributed by atoms with Gasteiger partial charge in [-0.15, -0.1) is 0 Å². The molecule has 0 atom stereocenters. The highest BCUT2D eigenvalue weighted by Gasteiger charge is 2.08. The number of halogens is 1. The average molecular weight is 340 g/mol. The first-order chi connectivity index (χ1) is 11.7. The summed E-state index contributed by atoms with van der Waals surface area (Å²) < 4.78 is 13.0. The fourth-order valence-corrected chi connectivity index (χ4v) is 2.82. The number of hydrazone groups is 1. The third-order valence-corrected chi connectivity index (χ3v) is 4.20. The molecule has 0 fully saturated rings. The zero-order valence-electron chi connectivity index (χ0n) is 12.7. The monoisotopic (exact) mass is 340 g/mol. The van der Waals surface area contributed by atoms with Crippen LogP contribution in [-0.2, 0) is 4.79 Å². The molecule has 0 spiro atoms. The summed E-state index contributed by atoms with van der Waals surface area (Å²) in [6.45, 7) is 0. The highest BCUT2D eigenvalue weighted by atomic mass is 32.2. The third kappa shape index (κ3) is 4.39. The quantitative estimate of drug-likeness (QED) is 0.441. The number of hydrogen-bond acceptors (Lipinski definition) is 3. The van der Waals surface area contributed by atoms with Crippen LogP contribution in [0.2, 0.25) is 0 Å². The minimum absolute atomic E-state index is 0.228. The van der Waals surface area contributed by atoms with Crippen molar-refractivity contribution in [2.75, 3.05) is 5.75 Å². The van der Waals surface area contributed by atoms with Crippen LogP contribution < -0.4 is 10.4 Å². The van der Waals surface area contributed by atoms with E-state index >= 15 is 0 Å². The summed E-state index contributed by atoms with van der Waals surface area (Å²) in [7, 11) is 0. The van der Waals surface area contributed by atoms with E-state index < -0.39 is 0 Å². The van der Waals surface area contributed by atoms with E-state index in [9.17, 15) is 9.18 Å². The molecular formula is C18H15FN3OS+. The number of H-pyrrole nitrogens is 1. The van der Waals surface area contributed by atoms with Crippen LogP contribution in [0.3, 0.4) is 0 Å². The number of carbonyl (C=O) groups is 1. The number of hydrogen-bond donors (Lipinski definition) is 1. The van der Waals surface area contributed by atoms with Crippen molar-refractivity contribution in [1.82, 2.24) is 5.43 Å². The number of aromatic nitrogens is 1. The number of aromatic amines is 1. The van der Waals surface area contributed by atoms with E-state index in [0.29, 0.717) is 5.56 Å². The van der Waals surface area contributed by atoms with E-state index in [1.165, 1.54) is 30.1 Å². The molecule has 2 N–H and O–H groups in total. The zero-order valence-corrected chi connectivity index (χ0v) is 13.5. The first-order valence-electron chi connectivity index (χ1n) is 7.32. The molecule has 0 aliphatic heterocycles.